The van der Waals surface area contributed by atoms with Crippen molar-refractivity contribution in [2.24, 2.45) is 0 Å². The van der Waals surface area contributed by atoms with Gasteiger partial charge in [0.15, 0.2) is 0 Å². The van der Waals surface area contributed by atoms with Gasteiger partial charge in [0.1, 0.15) is 17.8 Å². The summed E-state index contributed by atoms with van der Waals surface area (Å²) in [4.78, 5) is 26.6. The molecule has 0 bridgehead atoms. The molecular formula is C19H19N5O. The van der Waals surface area contributed by atoms with Crippen LogP contribution >= 0.6 is 0 Å². The molecule has 0 aliphatic heterocycles. The number of rotatable bonds is 6. The van der Waals surface area contributed by atoms with Gasteiger partial charge in [-0.1, -0.05) is 30.3 Å². The first-order valence-electron chi connectivity index (χ1n) is 7.96. The van der Waals surface area contributed by atoms with Crippen molar-refractivity contribution < 1.29 is 4.79 Å². The number of anilines is 1. The predicted octanol–water partition coefficient (Wildman–Crippen LogP) is 2.44. The van der Waals surface area contributed by atoms with E-state index in [2.05, 4.69) is 32.4 Å². The largest absolute Gasteiger partial charge is 0.355 e. The summed E-state index contributed by atoms with van der Waals surface area (Å²) >= 11 is 0. The lowest BCUT2D eigenvalue weighted by Crippen LogP contribution is -2.25. The molecule has 1 amide bonds. The van der Waals surface area contributed by atoms with E-state index in [4.69, 9.17) is 0 Å². The molecule has 0 spiro atoms. The molecule has 0 radical (unpaired) electrons. The van der Waals surface area contributed by atoms with Gasteiger partial charge in [-0.2, -0.15) is 0 Å². The van der Waals surface area contributed by atoms with Crippen molar-refractivity contribution >= 4 is 11.7 Å². The molecule has 25 heavy (non-hydrogen) atoms. The fourth-order valence-electron chi connectivity index (χ4n) is 2.39. The molecule has 0 fully saturated rings. The van der Waals surface area contributed by atoms with Crippen LogP contribution in [0, 0.1) is 0 Å². The topological polar surface area (TPSA) is 71.0 Å². The quantitative estimate of drug-likeness (QED) is 0.750. The molecule has 6 nitrogen and oxygen atoms in total. The third kappa shape index (κ3) is 4.60. The summed E-state index contributed by atoms with van der Waals surface area (Å²) in [6.07, 6.45) is 4.81. The van der Waals surface area contributed by atoms with Gasteiger partial charge in [-0.3, -0.25) is 9.78 Å². The number of pyridine rings is 1. The summed E-state index contributed by atoms with van der Waals surface area (Å²) in [6.45, 7) is 1.14. The molecule has 2 heterocycles. The van der Waals surface area contributed by atoms with Gasteiger partial charge >= 0.3 is 0 Å². The molecule has 0 atom stereocenters. The van der Waals surface area contributed by atoms with Crippen molar-refractivity contribution in [1.82, 2.24) is 20.3 Å². The fourth-order valence-corrected chi connectivity index (χ4v) is 2.39. The Morgan fingerprint density at radius 3 is 2.56 bits per heavy atom. The maximum absolute atomic E-state index is 12.3. The minimum Gasteiger partial charge on any atom is -0.355 e. The van der Waals surface area contributed by atoms with Crippen molar-refractivity contribution in [1.29, 1.82) is 0 Å². The van der Waals surface area contributed by atoms with E-state index < -0.39 is 0 Å². The number of benzene rings is 1. The van der Waals surface area contributed by atoms with Crippen molar-refractivity contribution in [3.05, 3.63) is 84.1 Å². The van der Waals surface area contributed by atoms with Crippen molar-refractivity contribution in [2.45, 2.75) is 13.1 Å². The number of nitrogens with one attached hydrogen (secondary N) is 1. The summed E-state index contributed by atoms with van der Waals surface area (Å²) in [5, 5.41) is 2.86. The van der Waals surface area contributed by atoms with Gasteiger partial charge in [0.2, 0.25) is 0 Å². The standard InChI is InChI=1S/C19H19N5O/c1-24(13-16-5-3-2-4-6-16)18-11-17(22-14-23-18)19(25)21-12-15-7-9-20-10-8-15/h2-11,14H,12-13H2,1H3,(H,21,25). The highest BCUT2D eigenvalue weighted by molar-refractivity contribution is 5.92. The van der Waals surface area contributed by atoms with Crippen molar-refractivity contribution in [3.63, 3.8) is 0 Å². The molecular weight excluding hydrogens is 314 g/mol. The van der Waals surface area contributed by atoms with Crippen LogP contribution < -0.4 is 10.2 Å². The van der Waals surface area contributed by atoms with E-state index in [1.807, 2.05) is 42.3 Å². The zero-order chi connectivity index (χ0) is 17.5. The van der Waals surface area contributed by atoms with Crippen LogP contribution in [0.3, 0.4) is 0 Å². The van der Waals surface area contributed by atoms with Gasteiger partial charge in [-0.05, 0) is 23.3 Å². The average Bonchev–Trinajstić information content (AvgIpc) is 2.68. The summed E-state index contributed by atoms with van der Waals surface area (Å²) in [5.74, 6) is 0.474. The lowest BCUT2D eigenvalue weighted by Gasteiger charge is -2.18. The molecule has 0 saturated heterocycles. The Kier molecular flexibility index (Phi) is 5.31. The van der Waals surface area contributed by atoms with E-state index in [1.54, 1.807) is 18.5 Å². The summed E-state index contributed by atoms with van der Waals surface area (Å²) in [7, 11) is 1.94. The highest BCUT2D eigenvalue weighted by atomic mass is 16.1. The first kappa shape index (κ1) is 16.6. The van der Waals surface area contributed by atoms with Crippen LogP contribution in [0.4, 0.5) is 5.82 Å². The first-order valence-corrected chi connectivity index (χ1v) is 7.96. The molecule has 6 heteroatoms. The number of carbonyl (C=O) groups excluding carboxylic acids is 1. The summed E-state index contributed by atoms with van der Waals surface area (Å²) < 4.78 is 0. The lowest BCUT2D eigenvalue weighted by molar-refractivity contribution is 0.0945. The molecule has 0 aliphatic rings. The Bertz CT molecular complexity index is 823. The predicted molar refractivity (Wildman–Crippen MR) is 96.0 cm³/mol. The van der Waals surface area contributed by atoms with E-state index >= 15 is 0 Å². The van der Waals surface area contributed by atoms with Crippen molar-refractivity contribution in [3.8, 4) is 0 Å². The molecule has 0 saturated carbocycles. The van der Waals surface area contributed by atoms with Gasteiger partial charge in [-0.25, -0.2) is 9.97 Å². The molecule has 126 valence electrons. The van der Waals surface area contributed by atoms with Gasteiger partial charge < -0.3 is 10.2 Å². The zero-order valence-electron chi connectivity index (χ0n) is 14.0. The van der Waals surface area contributed by atoms with Crippen molar-refractivity contribution in [2.75, 3.05) is 11.9 Å². The smallest absolute Gasteiger partial charge is 0.270 e. The lowest BCUT2D eigenvalue weighted by atomic mass is 10.2. The second-order valence-electron chi connectivity index (χ2n) is 5.64. The van der Waals surface area contributed by atoms with E-state index in [-0.39, 0.29) is 5.91 Å². The van der Waals surface area contributed by atoms with E-state index in [0.29, 0.717) is 24.6 Å². The number of nitrogens with zero attached hydrogens (tertiary/aromatic N) is 4. The van der Waals surface area contributed by atoms with E-state index in [1.165, 1.54) is 11.9 Å². The number of hydrogen-bond donors (Lipinski definition) is 1. The highest BCUT2D eigenvalue weighted by Gasteiger charge is 2.11. The monoisotopic (exact) mass is 333 g/mol. The van der Waals surface area contributed by atoms with Crippen LogP contribution in [0.15, 0.2) is 67.3 Å². The van der Waals surface area contributed by atoms with Gasteiger partial charge in [0.05, 0.1) is 0 Å². The third-order valence-corrected chi connectivity index (χ3v) is 3.74. The maximum atomic E-state index is 12.3. The van der Waals surface area contributed by atoms with E-state index in [0.717, 1.165) is 5.56 Å². The van der Waals surface area contributed by atoms with Crippen LogP contribution in [0.1, 0.15) is 21.6 Å². The molecule has 1 N–H and O–H groups in total. The van der Waals surface area contributed by atoms with Crippen LogP contribution in [-0.2, 0) is 13.1 Å². The van der Waals surface area contributed by atoms with Gasteiger partial charge in [0, 0.05) is 38.6 Å². The second kappa shape index (κ2) is 8.01. The Labute approximate surface area is 146 Å². The average molecular weight is 333 g/mol. The minimum atomic E-state index is -0.228. The molecule has 2 aromatic heterocycles. The molecule has 1 aromatic carbocycles. The zero-order valence-corrected chi connectivity index (χ0v) is 14.0. The first-order chi connectivity index (χ1) is 12.2. The SMILES string of the molecule is CN(Cc1ccccc1)c1cc(C(=O)NCc2ccncc2)ncn1. The molecule has 0 unspecified atom stereocenters. The highest BCUT2D eigenvalue weighted by Crippen LogP contribution is 2.13. The second-order valence-corrected chi connectivity index (χ2v) is 5.64. The van der Waals surface area contributed by atoms with Crippen LogP contribution in [-0.4, -0.2) is 27.9 Å². The third-order valence-electron chi connectivity index (χ3n) is 3.74. The number of carbonyl (C=O) groups is 1. The fraction of sp³-hybridized carbons (Fsp3) is 0.158. The number of amides is 1. The summed E-state index contributed by atoms with van der Waals surface area (Å²) in [6, 6.07) is 15.5. The Balaban J connectivity index is 1.65. The number of aromatic nitrogens is 3. The summed E-state index contributed by atoms with van der Waals surface area (Å²) in [5.41, 5.74) is 2.50. The van der Waals surface area contributed by atoms with E-state index in [9.17, 15) is 4.79 Å². The minimum absolute atomic E-state index is 0.228. The van der Waals surface area contributed by atoms with Crippen LogP contribution in [0.2, 0.25) is 0 Å². The Morgan fingerprint density at radius 1 is 1.04 bits per heavy atom. The van der Waals surface area contributed by atoms with Crippen LogP contribution in [0.25, 0.3) is 0 Å². The maximum Gasteiger partial charge on any atom is 0.270 e. The Hall–Kier alpha value is -3.28. The number of hydrogen-bond acceptors (Lipinski definition) is 5. The Morgan fingerprint density at radius 2 is 1.80 bits per heavy atom. The van der Waals surface area contributed by atoms with Crippen LogP contribution in [0.5, 0.6) is 0 Å². The molecule has 3 aromatic rings. The molecule has 0 aliphatic carbocycles. The molecule has 3 rings (SSSR count). The van der Waals surface area contributed by atoms with Gasteiger partial charge in [-0.15, -0.1) is 0 Å². The normalized spacial score (nSPS) is 10.3. The van der Waals surface area contributed by atoms with Gasteiger partial charge in [0.25, 0.3) is 5.91 Å².